The molecule has 0 spiro atoms. The zero-order valence-electron chi connectivity index (χ0n) is 13.6. The Morgan fingerprint density at radius 3 is 2.38 bits per heavy atom. The highest BCUT2D eigenvalue weighted by Gasteiger charge is 2.17. The Balaban J connectivity index is 2.53. The highest BCUT2D eigenvalue weighted by atomic mass is 32.1. The fraction of sp³-hybridized carbons (Fsp3) is 0.444. The monoisotopic (exact) mass is 298 g/mol. The first-order chi connectivity index (χ1) is 9.60. The Bertz CT molecular complexity index is 731. The van der Waals surface area contributed by atoms with Crippen molar-refractivity contribution in [2.45, 2.75) is 47.0 Å². The van der Waals surface area contributed by atoms with E-state index in [2.05, 4.69) is 70.8 Å². The fourth-order valence-corrected chi connectivity index (χ4v) is 3.05. The van der Waals surface area contributed by atoms with Crippen LogP contribution >= 0.6 is 11.3 Å². The number of fused-ring (bicyclic) bond motifs is 1. The normalized spacial score (nSPS) is 13.5. The molecule has 0 amide bonds. The predicted molar refractivity (Wildman–Crippen MR) is 91.4 cm³/mol. The number of allylic oxidation sites excluding steroid dienone is 2. The fourth-order valence-electron chi connectivity index (χ4n) is 2.08. The summed E-state index contributed by atoms with van der Waals surface area (Å²) in [5.74, 6) is 0. The average molecular weight is 298 g/mol. The lowest BCUT2D eigenvalue weighted by atomic mass is 9.87. The Morgan fingerprint density at radius 1 is 1.19 bits per heavy atom. The molecule has 0 atom stereocenters. The zero-order valence-corrected chi connectivity index (χ0v) is 14.4. The third-order valence-corrected chi connectivity index (χ3v) is 4.23. The van der Waals surface area contributed by atoms with Crippen molar-refractivity contribution in [2.24, 2.45) is 5.41 Å². The van der Waals surface area contributed by atoms with Gasteiger partial charge in [0.15, 0.2) is 0 Å². The molecular formula is C18H22N2S. The van der Waals surface area contributed by atoms with Gasteiger partial charge in [0.05, 0.1) is 15.8 Å². The number of thiazole rings is 1. The first-order valence-electron chi connectivity index (χ1n) is 7.14. The molecule has 0 fully saturated rings. The van der Waals surface area contributed by atoms with E-state index in [-0.39, 0.29) is 10.8 Å². The first-order valence-corrected chi connectivity index (χ1v) is 7.96. The van der Waals surface area contributed by atoms with Gasteiger partial charge in [0.25, 0.3) is 0 Å². The van der Waals surface area contributed by atoms with Gasteiger partial charge in [0.2, 0.25) is 0 Å². The van der Waals surface area contributed by atoms with Gasteiger partial charge in [-0.1, -0.05) is 53.7 Å². The molecule has 0 radical (unpaired) electrons. The first kappa shape index (κ1) is 15.7. The van der Waals surface area contributed by atoms with Gasteiger partial charge >= 0.3 is 0 Å². The zero-order chi connectivity index (χ0) is 15.8. The number of hydrogen-bond donors (Lipinski definition) is 0. The lowest BCUT2D eigenvalue weighted by Crippen LogP contribution is -2.10. The molecule has 1 heterocycles. The van der Waals surface area contributed by atoms with Gasteiger partial charge in [0.1, 0.15) is 11.1 Å². The van der Waals surface area contributed by atoms with Crippen molar-refractivity contribution < 1.29 is 0 Å². The minimum atomic E-state index is -0.0283. The molecule has 1 aromatic carbocycles. The maximum Gasteiger partial charge on any atom is 0.134 e. The van der Waals surface area contributed by atoms with E-state index < -0.39 is 0 Å². The molecule has 0 aliphatic carbocycles. The molecule has 2 aromatic rings. The molecule has 3 heteroatoms. The molecular weight excluding hydrogens is 276 g/mol. The molecule has 0 saturated heterocycles. The van der Waals surface area contributed by atoms with Crippen LogP contribution in [0.15, 0.2) is 24.3 Å². The Hall–Kier alpha value is -1.66. The van der Waals surface area contributed by atoms with Gasteiger partial charge in [-0.3, -0.25) is 0 Å². The van der Waals surface area contributed by atoms with Crippen molar-refractivity contribution in [3.63, 3.8) is 0 Å². The van der Waals surface area contributed by atoms with Crippen molar-refractivity contribution in [3.8, 4) is 6.07 Å². The van der Waals surface area contributed by atoms with E-state index in [0.717, 1.165) is 15.2 Å². The van der Waals surface area contributed by atoms with E-state index in [9.17, 15) is 5.26 Å². The Kier molecular flexibility index (Phi) is 3.95. The number of aromatic nitrogens is 1. The second-order valence-corrected chi connectivity index (χ2v) is 8.52. The van der Waals surface area contributed by atoms with Crippen LogP contribution in [0.25, 0.3) is 15.8 Å². The molecule has 0 unspecified atom stereocenters. The molecule has 0 bridgehead atoms. The van der Waals surface area contributed by atoms with Gasteiger partial charge in [0, 0.05) is 0 Å². The van der Waals surface area contributed by atoms with Crippen LogP contribution in [-0.2, 0) is 5.41 Å². The van der Waals surface area contributed by atoms with E-state index in [1.807, 2.05) is 6.08 Å². The van der Waals surface area contributed by atoms with Crippen molar-refractivity contribution in [2.75, 3.05) is 0 Å². The molecule has 2 rings (SSSR count). The molecule has 0 N–H and O–H groups in total. The molecule has 2 nitrogen and oxygen atoms in total. The smallest absolute Gasteiger partial charge is 0.134 e. The van der Waals surface area contributed by atoms with Crippen LogP contribution in [0.3, 0.4) is 0 Å². The quantitative estimate of drug-likeness (QED) is 0.647. The van der Waals surface area contributed by atoms with E-state index in [1.165, 1.54) is 5.56 Å². The van der Waals surface area contributed by atoms with Crippen LogP contribution in [-0.4, -0.2) is 4.98 Å². The molecule has 0 saturated carbocycles. The maximum absolute atomic E-state index is 9.40. The number of nitrogens with zero attached hydrogens (tertiary/aromatic N) is 2. The number of nitriles is 1. The largest absolute Gasteiger partial charge is 0.235 e. The second-order valence-electron chi connectivity index (χ2n) is 7.49. The van der Waals surface area contributed by atoms with Crippen LogP contribution in [0.1, 0.15) is 52.1 Å². The standard InChI is InChI=1S/C18H22N2S/c1-17(2,3)10-12(11-19)16-20-14-8-7-13(18(4,5)6)9-15(14)21-16/h7-10H,1-6H3/b12-10+. The van der Waals surface area contributed by atoms with Crippen LogP contribution in [0.5, 0.6) is 0 Å². The summed E-state index contributed by atoms with van der Waals surface area (Å²) in [6.07, 6.45) is 2.00. The predicted octanol–water partition coefficient (Wildman–Crippen LogP) is 5.55. The van der Waals surface area contributed by atoms with Crippen molar-refractivity contribution in [3.05, 3.63) is 34.8 Å². The minimum Gasteiger partial charge on any atom is -0.235 e. The summed E-state index contributed by atoms with van der Waals surface area (Å²) in [5.41, 5.74) is 3.03. The van der Waals surface area contributed by atoms with E-state index in [0.29, 0.717) is 5.57 Å². The molecule has 1 aromatic heterocycles. The number of hydrogen-bond acceptors (Lipinski definition) is 3. The van der Waals surface area contributed by atoms with Crippen LogP contribution in [0.4, 0.5) is 0 Å². The van der Waals surface area contributed by atoms with Gasteiger partial charge in [-0.15, -0.1) is 11.3 Å². The average Bonchev–Trinajstić information content (AvgIpc) is 2.76. The van der Waals surface area contributed by atoms with E-state index in [1.54, 1.807) is 11.3 Å². The number of benzene rings is 1. The third-order valence-electron chi connectivity index (χ3n) is 3.18. The summed E-state index contributed by atoms with van der Waals surface area (Å²) in [4.78, 5) is 4.62. The topological polar surface area (TPSA) is 36.7 Å². The van der Waals surface area contributed by atoms with Crippen LogP contribution in [0.2, 0.25) is 0 Å². The lowest BCUT2D eigenvalue weighted by Gasteiger charge is -2.18. The maximum atomic E-state index is 9.40. The molecule has 0 aliphatic rings. The summed E-state index contributed by atoms with van der Waals surface area (Å²) in [7, 11) is 0. The number of rotatable bonds is 1. The van der Waals surface area contributed by atoms with Crippen LogP contribution in [0, 0.1) is 16.7 Å². The van der Waals surface area contributed by atoms with Gasteiger partial charge in [-0.2, -0.15) is 5.26 Å². The third kappa shape index (κ3) is 3.71. The van der Waals surface area contributed by atoms with Crippen molar-refractivity contribution in [1.29, 1.82) is 5.26 Å². The van der Waals surface area contributed by atoms with Gasteiger partial charge < -0.3 is 0 Å². The van der Waals surface area contributed by atoms with Crippen molar-refractivity contribution >= 4 is 27.1 Å². The minimum absolute atomic E-state index is 0.0283. The molecule has 21 heavy (non-hydrogen) atoms. The van der Waals surface area contributed by atoms with Crippen LogP contribution < -0.4 is 0 Å². The summed E-state index contributed by atoms with van der Waals surface area (Å²) >= 11 is 1.60. The Morgan fingerprint density at radius 2 is 1.86 bits per heavy atom. The summed E-state index contributed by atoms with van der Waals surface area (Å²) in [6, 6.07) is 8.67. The SMILES string of the molecule is CC(C)(C)/C=C(\C#N)c1nc2ccc(C(C)(C)C)cc2s1. The summed E-state index contributed by atoms with van der Waals surface area (Å²) < 4.78 is 1.15. The summed E-state index contributed by atoms with van der Waals surface area (Å²) in [5, 5.41) is 10.2. The second kappa shape index (κ2) is 5.27. The Labute approximate surface area is 131 Å². The molecule has 0 aliphatic heterocycles. The van der Waals surface area contributed by atoms with Gasteiger partial charge in [-0.05, 0) is 28.5 Å². The molecule has 110 valence electrons. The van der Waals surface area contributed by atoms with E-state index >= 15 is 0 Å². The lowest BCUT2D eigenvalue weighted by molar-refractivity contribution is 0.546. The van der Waals surface area contributed by atoms with Gasteiger partial charge in [-0.25, -0.2) is 4.98 Å². The van der Waals surface area contributed by atoms with E-state index in [4.69, 9.17) is 0 Å². The highest BCUT2D eigenvalue weighted by Crippen LogP contribution is 2.32. The summed E-state index contributed by atoms with van der Waals surface area (Å²) in [6.45, 7) is 12.9. The van der Waals surface area contributed by atoms with Crippen molar-refractivity contribution in [1.82, 2.24) is 4.98 Å². The highest BCUT2D eigenvalue weighted by molar-refractivity contribution is 7.19.